The highest BCUT2D eigenvalue weighted by Gasteiger charge is 2.19. The number of aryl methyl sites for hydroxylation is 1. The van der Waals surface area contributed by atoms with Gasteiger partial charge in [-0.15, -0.1) is 0 Å². The van der Waals surface area contributed by atoms with Gasteiger partial charge in [-0.3, -0.25) is 20.0 Å². The molecule has 0 aliphatic rings. The molecule has 6 nitrogen and oxygen atoms in total. The molecule has 0 aliphatic carbocycles. The van der Waals surface area contributed by atoms with Crippen LogP contribution in [0.5, 0.6) is 0 Å². The van der Waals surface area contributed by atoms with E-state index in [2.05, 4.69) is 15.5 Å². The summed E-state index contributed by atoms with van der Waals surface area (Å²) in [4.78, 5) is 18.3. The second-order valence-corrected chi connectivity index (χ2v) is 4.73. The molecule has 0 aromatic carbocycles. The molecule has 0 bridgehead atoms. The van der Waals surface area contributed by atoms with Crippen molar-refractivity contribution in [1.82, 2.24) is 15.0 Å². The lowest BCUT2D eigenvalue weighted by Gasteiger charge is -2.22. The molecule has 2 heterocycles. The summed E-state index contributed by atoms with van der Waals surface area (Å²) in [7, 11) is 1.88. The molecule has 20 heavy (non-hydrogen) atoms. The number of amides is 1. The third-order valence-electron chi connectivity index (χ3n) is 3.05. The van der Waals surface area contributed by atoms with Crippen molar-refractivity contribution < 1.29 is 9.32 Å². The smallest absolute Gasteiger partial charge is 0.243 e. The molecule has 1 N–H and O–H groups in total. The second-order valence-electron chi connectivity index (χ2n) is 4.73. The van der Waals surface area contributed by atoms with Gasteiger partial charge in [0, 0.05) is 18.8 Å². The van der Waals surface area contributed by atoms with Crippen molar-refractivity contribution in [2.24, 2.45) is 0 Å². The lowest BCUT2D eigenvalue weighted by atomic mass is 10.2. The Morgan fingerprint density at radius 2 is 2.30 bits per heavy atom. The predicted octanol–water partition coefficient (Wildman–Crippen LogP) is 1.84. The van der Waals surface area contributed by atoms with Crippen LogP contribution >= 0.6 is 0 Å². The molecule has 0 fully saturated rings. The van der Waals surface area contributed by atoms with E-state index in [1.165, 1.54) is 0 Å². The van der Waals surface area contributed by atoms with E-state index in [0.29, 0.717) is 12.4 Å². The average molecular weight is 274 g/mol. The minimum Gasteiger partial charge on any atom is -0.338 e. The van der Waals surface area contributed by atoms with E-state index in [4.69, 9.17) is 4.52 Å². The van der Waals surface area contributed by atoms with Crippen LogP contribution in [0.15, 0.2) is 35.0 Å². The highest BCUT2D eigenvalue weighted by molar-refractivity contribution is 5.93. The molecule has 2 aromatic rings. The van der Waals surface area contributed by atoms with Crippen LogP contribution < -0.4 is 5.32 Å². The minimum atomic E-state index is -0.303. The molecule has 1 atom stereocenters. The summed E-state index contributed by atoms with van der Waals surface area (Å²) < 4.78 is 4.97. The maximum atomic E-state index is 12.1. The predicted molar refractivity (Wildman–Crippen MR) is 75.0 cm³/mol. The van der Waals surface area contributed by atoms with E-state index in [1.807, 2.05) is 37.1 Å². The van der Waals surface area contributed by atoms with Gasteiger partial charge < -0.3 is 4.52 Å². The van der Waals surface area contributed by atoms with Crippen molar-refractivity contribution in [3.05, 3.63) is 41.9 Å². The summed E-state index contributed by atoms with van der Waals surface area (Å²) in [5.41, 5.74) is 1.65. The van der Waals surface area contributed by atoms with Crippen molar-refractivity contribution >= 4 is 11.8 Å². The SMILES string of the molecule is Cc1cc(NC(=O)C(C)N(C)Cc2ccccn2)on1. The zero-order valence-electron chi connectivity index (χ0n) is 11.8. The lowest BCUT2D eigenvalue weighted by Crippen LogP contribution is -2.39. The maximum absolute atomic E-state index is 12.1. The van der Waals surface area contributed by atoms with Crippen LogP contribution in [0.1, 0.15) is 18.3 Å². The van der Waals surface area contributed by atoms with Crippen LogP contribution in [0.2, 0.25) is 0 Å². The van der Waals surface area contributed by atoms with E-state index in [-0.39, 0.29) is 11.9 Å². The largest absolute Gasteiger partial charge is 0.338 e. The Bertz CT molecular complexity index is 568. The van der Waals surface area contributed by atoms with Gasteiger partial charge in [-0.1, -0.05) is 11.2 Å². The second kappa shape index (κ2) is 6.29. The number of nitrogens with one attached hydrogen (secondary N) is 1. The Hall–Kier alpha value is -2.21. The number of likely N-dealkylation sites (N-methyl/N-ethyl adjacent to an activating group) is 1. The summed E-state index contributed by atoms with van der Waals surface area (Å²) in [5.74, 6) is 0.227. The van der Waals surface area contributed by atoms with Gasteiger partial charge in [-0.25, -0.2) is 0 Å². The van der Waals surface area contributed by atoms with E-state index < -0.39 is 0 Å². The Morgan fingerprint density at radius 3 is 2.90 bits per heavy atom. The van der Waals surface area contributed by atoms with Crippen LogP contribution in [-0.4, -0.2) is 34.0 Å². The molecule has 1 amide bonds. The lowest BCUT2D eigenvalue weighted by molar-refractivity contribution is -0.120. The first-order valence-electron chi connectivity index (χ1n) is 6.40. The molecule has 0 radical (unpaired) electrons. The van der Waals surface area contributed by atoms with Gasteiger partial charge in [-0.05, 0) is 33.0 Å². The van der Waals surface area contributed by atoms with Crippen molar-refractivity contribution in [2.45, 2.75) is 26.4 Å². The van der Waals surface area contributed by atoms with E-state index >= 15 is 0 Å². The van der Waals surface area contributed by atoms with Crippen LogP contribution in [0.25, 0.3) is 0 Å². The van der Waals surface area contributed by atoms with Gasteiger partial charge in [-0.2, -0.15) is 0 Å². The summed E-state index contributed by atoms with van der Waals surface area (Å²) in [6, 6.07) is 7.11. The van der Waals surface area contributed by atoms with Gasteiger partial charge in [0.1, 0.15) is 0 Å². The number of carbonyl (C=O) groups is 1. The molecule has 0 spiro atoms. The van der Waals surface area contributed by atoms with Gasteiger partial charge in [0.05, 0.1) is 17.4 Å². The van der Waals surface area contributed by atoms with Crippen molar-refractivity contribution in [3.8, 4) is 0 Å². The van der Waals surface area contributed by atoms with Gasteiger partial charge in [0.2, 0.25) is 11.8 Å². The number of carbonyl (C=O) groups excluding carboxylic acids is 1. The van der Waals surface area contributed by atoms with Crippen LogP contribution in [0, 0.1) is 6.92 Å². The minimum absolute atomic E-state index is 0.139. The Kier molecular flexibility index (Phi) is 4.47. The average Bonchev–Trinajstić information content (AvgIpc) is 2.84. The summed E-state index contributed by atoms with van der Waals surface area (Å²) >= 11 is 0. The number of hydrogen-bond donors (Lipinski definition) is 1. The van der Waals surface area contributed by atoms with Crippen molar-refractivity contribution in [1.29, 1.82) is 0 Å². The monoisotopic (exact) mass is 274 g/mol. The highest BCUT2D eigenvalue weighted by atomic mass is 16.5. The molecule has 0 saturated heterocycles. The molecule has 6 heteroatoms. The topological polar surface area (TPSA) is 71.3 Å². The van der Waals surface area contributed by atoms with Gasteiger partial charge in [0.25, 0.3) is 0 Å². The Morgan fingerprint density at radius 1 is 1.50 bits per heavy atom. The first-order chi connectivity index (χ1) is 9.56. The number of hydrogen-bond acceptors (Lipinski definition) is 5. The number of pyridine rings is 1. The van der Waals surface area contributed by atoms with Crippen LogP contribution in [0.4, 0.5) is 5.88 Å². The maximum Gasteiger partial charge on any atom is 0.243 e. The summed E-state index contributed by atoms with van der Waals surface area (Å²) in [6.45, 7) is 4.24. The van der Waals surface area contributed by atoms with Gasteiger partial charge in [0.15, 0.2) is 0 Å². The molecule has 2 rings (SSSR count). The number of rotatable bonds is 5. The molecule has 1 unspecified atom stereocenters. The molecule has 0 aliphatic heterocycles. The fourth-order valence-corrected chi connectivity index (χ4v) is 1.73. The van der Waals surface area contributed by atoms with E-state index in [0.717, 1.165) is 11.4 Å². The van der Waals surface area contributed by atoms with E-state index in [1.54, 1.807) is 19.2 Å². The summed E-state index contributed by atoms with van der Waals surface area (Å²) in [6.07, 6.45) is 1.74. The van der Waals surface area contributed by atoms with Crippen LogP contribution in [0.3, 0.4) is 0 Å². The zero-order valence-corrected chi connectivity index (χ0v) is 11.8. The Balaban J connectivity index is 1.92. The van der Waals surface area contributed by atoms with Crippen molar-refractivity contribution in [3.63, 3.8) is 0 Å². The fourth-order valence-electron chi connectivity index (χ4n) is 1.73. The zero-order chi connectivity index (χ0) is 14.5. The molecule has 0 saturated carbocycles. The molecule has 106 valence electrons. The third kappa shape index (κ3) is 3.64. The highest BCUT2D eigenvalue weighted by Crippen LogP contribution is 2.10. The van der Waals surface area contributed by atoms with Gasteiger partial charge >= 0.3 is 0 Å². The Labute approximate surface area is 117 Å². The fraction of sp³-hybridized carbons (Fsp3) is 0.357. The first kappa shape index (κ1) is 14.2. The normalized spacial score (nSPS) is 12.4. The summed E-state index contributed by atoms with van der Waals surface area (Å²) in [5, 5.41) is 6.43. The molecular weight excluding hydrogens is 256 g/mol. The molecular formula is C14H18N4O2. The number of anilines is 1. The van der Waals surface area contributed by atoms with Crippen LogP contribution in [-0.2, 0) is 11.3 Å². The third-order valence-corrected chi connectivity index (χ3v) is 3.05. The quantitative estimate of drug-likeness (QED) is 0.900. The van der Waals surface area contributed by atoms with E-state index in [9.17, 15) is 4.79 Å². The standard InChI is InChI=1S/C14H18N4O2/c1-10-8-13(20-17-10)16-14(19)11(2)18(3)9-12-6-4-5-7-15-12/h4-8,11H,9H2,1-3H3,(H,16,19). The number of aromatic nitrogens is 2. The number of nitrogens with zero attached hydrogens (tertiary/aromatic N) is 3. The van der Waals surface area contributed by atoms with Crippen molar-refractivity contribution in [2.75, 3.05) is 12.4 Å². The molecule has 2 aromatic heterocycles. The first-order valence-corrected chi connectivity index (χ1v) is 6.40.